The molecule has 0 amide bonds. The largest absolute Gasteiger partial charge is 0.373 e. The average molecular weight is 178 g/mol. The molecule has 0 spiro atoms. The highest BCUT2D eigenvalue weighted by atomic mass is 32.1. The zero-order chi connectivity index (χ0) is 8.12. The second kappa shape index (κ2) is 281. The van der Waals surface area contributed by atoms with E-state index in [4.69, 9.17) is 33.2 Å². The molecule has 0 aromatic heterocycles. The fourth-order valence-corrected chi connectivity index (χ4v) is 0. The van der Waals surface area contributed by atoms with Gasteiger partial charge in [-0.3, -0.25) is 9.82 Å². The molecule has 0 atom stereocenters. The number of hydrogen-bond acceptors (Lipinski definition) is 2. The molecule has 0 heterocycles. The highest BCUT2D eigenvalue weighted by Crippen LogP contribution is 1.29. The minimum Gasteiger partial charge on any atom is -0.373 e. The van der Waals surface area contributed by atoms with Gasteiger partial charge >= 0.3 is 0 Å². The van der Waals surface area contributed by atoms with Gasteiger partial charge in [0.25, 0.3) is 0 Å². The minimum absolute atomic E-state index is 0. The maximum Gasteiger partial charge on any atom is -0.00208 e. The van der Waals surface area contributed by atoms with Gasteiger partial charge in [0.05, 0.1) is 0 Å². The predicted molar refractivity (Wildman–Crippen MR) is 45.0 cm³/mol. The molecule has 0 saturated heterocycles. The summed E-state index contributed by atoms with van der Waals surface area (Å²) >= 11 is 0. The zero-order valence-electron chi connectivity index (χ0n) is 5.28. The SMILES string of the molecule is N.S.[N-]=[N+]=N.[N-]=[N+]=[N-].[N-]=[N+]=[N-]. The van der Waals surface area contributed by atoms with Crippen LogP contribution in [0.3, 0.4) is 0 Å². The third-order valence-corrected chi connectivity index (χ3v) is 0. The molecule has 0 aliphatic carbocycles. The molecule has 0 bridgehead atoms. The van der Waals surface area contributed by atoms with Crippen LogP contribution in [0.5, 0.6) is 0 Å². The van der Waals surface area contributed by atoms with Crippen LogP contribution in [0.15, 0.2) is 0 Å². The summed E-state index contributed by atoms with van der Waals surface area (Å²) < 4.78 is 0. The first-order valence-corrected chi connectivity index (χ1v) is 1.22. The van der Waals surface area contributed by atoms with Crippen molar-refractivity contribution in [3.05, 3.63) is 42.4 Å². The van der Waals surface area contributed by atoms with Crippen molar-refractivity contribution >= 4 is 13.5 Å². The first-order chi connectivity index (χ1) is 4.24. The molecule has 0 radical (unpaired) electrons. The average Bonchev–Trinajstić information content (AvgIpc) is 1.70. The van der Waals surface area contributed by atoms with Crippen molar-refractivity contribution in [2.45, 2.75) is 0 Å². The Balaban J connectivity index is -0.0000000150. The first-order valence-electron chi connectivity index (χ1n) is 1.22. The Morgan fingerprint density at radius 1 is 0.818 bits per heavy atom. The Hall–Kier alpha value is -1.76. The maximum atomic E-state index is 6.86. The van der Waals surface area contributed by atoms with Crippen LogP contribution in [0.2, 0.25) is 0 Å². The Bertz CT molecular complexity index is 96.4. The van der Waals surface area contributed by atoms with E-state index in [1.807, 2.05) is 0 Å². The molecule has 0 fully saturated rings. The number of rotatable bonds is 0. The van der Waals surface area contributed by atoms with Gasteiger partial charge in [-0.1, -0.05) is 0 Å². The standard InChI is InChI=1S/HN3.2N3.H3N.H2S/c3*1-3-2;;/h1H;;;1H3;1H2/q;2*-1;;. The molecule has 11 heavy (non-hydrogen) atoms. The molecule has 0 unspecified atom stereocenters. The van der Waals surface area contributed by atoms with E-state index < -0.39 is 0 Å². The van der Waals surface area contributed by atoms with E-state index in [0.29, 0.717) is 0 Å². The summed E-state index contributed by atoms with van der Waals surface area (Å²) in [6.45, 7) is 0. The summed E-state index contributed by atoms with van der Waals surface area (Å²) in [5.74, 6) is 0. The van der Waals surface area contributed by atoms with Gasteiger partial charge in [0.1, 0.15) is 0 Å². The molecule has 0 saturated carbocycles. The first kappa shape index (κ1) is 34.9. The molecule has 10 nitrogen and oxygen atoms in total. The van der Waals surface area contributed by atoms with Gasteiger partial charge < -0.3 is 28.3 Å². The highest BCUT2D eigenvalue weighted by molar-refractivity contribution is 7.59. The van der Waals surface area contributed by atoms with Crippen LogP contribution in [0, 0.1) is 5.53 Å². The lowest BCUT2D eigenvalue weighted by Crippen LogP contribution is -0.769. The topological polar surface area (TPSA) is 213 Å². The fraction of sp³-hybridized carbons (Fsp3) is 0. The number of nitrogens with zero attached hydrogens (tertiary/aromatic N) is 8. The van der Waals surface area contributed by atoms with Crippen LogP contribution in [-0.2, 0) is 0 Å². The van der Waals surface area contributed by atoms with Crippen LogP contribution in [0.4, 0.5) is 0 Å². The van der Waals surface area contributed by atoms with E-state index in [-0.39, 0.29) is 19.6 Å². The molecular formula is H6N10S-2. The van der Waals surface area contributed by atoms with Crippen molar-refractivity contribution < 1.29 is 0 Å². The molecule has 0 aromatic carbocycles. The molecule has 64 valence electrons. The van der Waals surface area contributed by atoms with Gasteiger partial charge in [0.15, 0.2) is 0 Å². The molecule has 0 aliphatic heterocycles. The van der Waals surface area contributed by atoms with Crippen molar-refractivity contribution in [2.75, 3.05) is 0 Å². The van der Waals surface area contributed by atoms with Gasteiger partial charge in [0, 0.05) is 0 Å². The second-order valence-electron chi connectivity index (χ2n) is 0.279. The molecule has 4 N–H and O–H groups in total. The number of hydrogen-bond donors (Lipinski definition) is 2. The van der Waals surface area contributed by atoms with E-state index in [1.165, 1.54) is 9.82 Å². The Morgan fingerprint density at radius 2 is 0.818 bits per heavy atom. The van der Waals surface area contributed by atoms with Crippen molar-refractivity contribution in [3.63, 3.8) is 0 Å². The van der Waals surface area contributed by atoms with Crippen molar-refractivity contribution in [3.8, 4) is 0 Å². The summed E-state index contributed by atoms with van der Waals surface area (Å²) in [5.41, 5.74) is 39.2. The van der Waals surface area contributed by atoms with Crippen LogP contribution in [-0.4, -0.2) is 0 Å². The molecule has 11 heteroatoms. The lowest BCUT2D eigenvalue weighted by molar-refractivity contribution is 1.45. The molecule has 0 aliphatic rings. The van der Waals surface area contributed by atoms with Crippen molar-refractivity contribution in [2.24, 2.45) is 0 Å². The molecular weight excluding hydrogens is 172 g/mol. The summed E-state index contributed by atoms with van der Waals surface area (Å²) in [5, 5.41) is 0. The normalized spacial score (nSPS) is 2.18. The van der Waals surface area contributed by atoms with Crippen LogP contribution >= 0.6 is 13.5 Å². The third-order valence-electron chi connectivity index (χ3n) is 0. The van der Waals surface area contributed by atoms with Crippen LogP contribution < -0.4 is 6.15 Å². The van der Waals surface area contributed by atoms with Crippen LogP contribution in [0.25, 0.3) is 42.4 Å². The van der Waals surface area contributed by atoms with Crippen LogP contribution in [0.1, 0.15) is 0 Å². The molecule has 0 aromatic rings. The van der Waals surface area contributed by atoms with E-state index in [1.54, 1.807) is 4.91 Å². The van der Waals surface area contributed by atoms with E-state index in [9.17, 15) is 0 Å². The van der Waals surface area contributed by atoms with Gasteiger partial charge in [-0.2, -0.15) is 13.5 Å². The Morgan fingerprint density at radius 3 is 0.818 bits per heavy atom. The zero-order valence-corrected chi connectivity index (χ0v) is 6.28. The highest BCUT2D eigenvalue weighted by Gasteiger charge is 0.973. The Kier molecular flexibility index (Phi) is 891. The predicted octanol–water partition coefficient (Wildman–Crippen LogP) is 2.88. The van der Waals surface area contributed by atoms with Crippen molar-refractivity contribution in [1.82, 2.24) is 6.15 Å². The second-order valence-corrected chi connectivity index (χ2v) is 0.279. The summed E-state index contributed by atoms with van der Waals surface area (Å²) in [6, 6.07) is 0. The minimum atomic E-state index is 0. The molecule has 0 rings (SSSR count). The summed E-state index contributed by atoms with van der Waals surface area (Å²) in [4.78, 5) is 4.75. The third kappa shape index (κ3) is 104. The van der Waals surface area contributed by atoms with E-state index in [2.05, 4.69) is 0 Å². The van der Waals surface area contributed by atoms with E-state index in [0.717, 1.165) is 0 Å². The Labute approximate surface area is 68.5 Å². The van der Waals surface area contributed by atoms with E-state index >= 15 is 0 Å². The van der Waals surface area contributed by atoms with Gasteiger partial charge in [-0.15, -0.1) is 5.53 Å². The maximum absolute atomic E-state index is 6.86. The smallest absolute Gasteiger partial charge is 0.00208 e. The number of nitrogens with one attached hydrogen (secondary N) is 1. The lowest BCUT2D eigenvalue weighted by atomic mass is 13.0. The van der Waals surface area contributed by atoms with Gasteiger partial charge in [-0.05, 0) is 10.4 Å². The summed E-state index contributed by atoms with van der Waals surface area (Å²) in [6.07, 6.45) is 0. The summed E-state index contributed by atoms with van der Waals surface area (Å²) in [7, 11) is 0. The lowest BCUT2D eigenvalue weighted by Gasteiger charge is -1.32. The fourth-order valence-electron chi connectivity index (χ4n) is 0. The van der Waals surface area contributed by atoms with Gasteiger partial charge in [0.2, 0.25) is 0 Å². The van der Waals surface area contributed by atoms with Crippen molar-refractivity contribution in [1.29, 1.82) is 5.53 Å². The monoisotopic (exact) mass is 178 g/mol. The quantitative estimate of drug-likeness (QED) is 0.319. The van der Waals surface area contributed by atoms with Gasteiger partial charge in [-0.25, -0.2) is 0 Å².